The van der Waals surface area contributed by atoms with E-state index in [-0.39, 0.29) is 23.6 Å². The second-order valence-electron chi connectivity index (χ2n) is 8.59. The molecule has 2 aliphatic heterocycles. The van der Waals surface area contributed by atoms with E-state index in [0.717, 1.165) is 18.4 Å². The van der Waals surface area contributed by atoms with Gasteiger partial charge in [-0.1, -0.05) is 0 Å². The number of aromatic nitrogens is 3. The average Bonchev–Trinajstić information content (AvgIpc) is 3.61. The third-order valence-electron chi connectivity index (χ3n) is 6.43. The Hall–Kier alpha value is -3.95. The van der Waals surface area contributed by atoms with Gasteiger partial charge >= 0.3 is 0 Å². The number of furan rings is 1. The number of likely N-dealkylation sites (tertiary alicyclic amines) is 1. The molecule has 2 saturated heterocycles. The highest BCUT2D eigenvalue weighted by Gasteiger charge is 2.34. The van der Waals surface area contributed by atoms with Crippen LogP contribution in [0.2, 0.25) is 0 Å². The maximum atomic E-state index is 13.2. The minimum atomic E-state index is -0.245. The lowest BCUT2D eigenvalue weighted by atomic mass is 9.96. The first-order chi connectivity index (χ1) is 16.6. The minimum Gasteiger partial charge on any atom is -0.459 e. The van der Waals surface area contributed by atoms with Crippen molar-refractivity contribution >= 4 is 17.7 Å². The predicted molar refractivity (Wildman–Crippen MR) is 122 cm³/mol. The van der Waals surface area contributed by atoms with E-state index in [1.54, 1.807) is 45.3 Å². The van der Waals surface area contributed by atoms with Crippen molar-refractivity contribution in [3.8, 4) is 11.3 Å². The number of hydrogen-bond acceptors (Lipinski definition) is 6. The van der Waals surface area contributed by atoms with Crippen LogP contribution in [0.1, 0.15) is 33.9 Å². The molecule has 34 heavy (non-hydrogen) atoms. The number of hydrogen-bond donors (Lipinski definition) is 1. The highest BCUT2D eigenvalue weighted by atomic mass is 16.3. The molecule has 0 bridgehead atoms. The second-order valence-corrected chi connectivity index (χ2v) is 8.59. The molecule has 3 aromatic rings. The fraction of sp³-hybridized carbons (Fsp3) is 0.375. The third-order valence-corrected chi connectivity index (χ3v) is 6.43. The zero-order chi connectivity index (χ0) is 23.5. The summed E-state index contributed by atoms with van der Waals surface area (Å²) in [6.07, 6.45) is 6.37. The van der Waals surface area contributed by atoms with Gasteiger partial charge in [-0.25, -0.2) is 0 Å². The zero-order valence-electron chi connectivity index (χ0n) is 18.7. The fourth-order valence-electron chi connectivity index (χ4n) is 4.57. The van der Waals surface area contributed by atoms with Gasteiger partial charge in [0.2, 0.25) is 5.91 Å². The molecule has 3 aromatic heterocycles. The van der Waals surface area contributed by atoms with E-state index in [1.807, 2.05) is 12.1 Å². The van der Waals surface area contributed by atoms with Crippen molar-refractivity contribution in [2.75, 3.05) is 39.3 Å². The van der Waals surface area contributed by atoms with E-state index < -0.39 is 0 Å². The Morgan fingerprint density at radius 2 is 1.79 bits per heavy atom. The number of aromatic amines is 1. The van der Waals surface area contributed by atoms with Gasteiger partial charge in [-0.2, -0.15) is 5.10 Å². The Bertz CT molecular complexity index is 1150. The average molecular weight is 463 g/mol. The maximum Gasteiger partial charge on any atom is 0.289 e. The number of pyridine rings is 1. The molecular formula is C24H26N6O4. The highest BCUT2D eigenvalue weighted by Crippen LogP contribution is 2.23. The number of amides is 3. The summed E-state index contributed by atoms with van der Waals surface area (Å²) in [5.74, 6) is -0.202. The molecule has 3 amide bonds. The van der Waals surface area contributed by atoms with Crippen LogP contribution in [0.3, 0.4) is 0 Å². The summed E-state index contributed by atoms with van der Waals surface area (Å²) in [6, 6.07) is 8.76. The van der Waals surface area contributed by atoms with E-state index in [1.165, 1.54) is 6.26 Å². The Morgan fingerprint density at radius 3 is 2.53 bits per heavy atom. The summed E-state index contributed by atoms with van der Waals surface area (Å²) >= 11 is 0. The molecule has 0 radical (unpaired) electrons. The summed E-state index contributed by atoms with van der Waals surface area (Å²) in [4.78, 5) is 48.1. The number of nitrogens with one attached hydrogen (secondary N) is 1. The largest absolute Gasteiger partial charge is 0.459 e. The Morgan fingerprint density at radius 1 is 0.971 bits per heavy atom. The summed E-state index contributed by atoms with van der Waals surface area (Å²) in [7, 11) is 0. The summed E-state index contributed by atoms with van der Waals surface area (Å²) in [5, 5.41) is 7.07. The molecule has 0 aliphatic carbocycles. The first-order valence-corrected chi connectivity index (χ1v) is 11.5. The van der Waals surface area contributed by atoms with Crippen molar-refractivity contribution in [1.82, 2.24) is 29.9 Å². The van der Waals surface area contributed by atoms with Crippen molar-refractivity contribution in [2.24, 2.45) is 5.92 Å². The number of piperazine rings is 1. The van der Waals surface area contributed by atoms with Crippen molar-refractivity contribution < 1.29 is 18.8 Å². The van der Waals surface area contributed by atoms with Crippen LogP contribution in [0.4, 0.5) is 0 Å². The number of carbonyl (C=O) groups excluding carboxylic acids is 3. The molecule has 10 heteroatoms. The summed E-state index contributed by atoms with van der Waals surface area (Å²) < 4.78 is 5.20. The van der Waals surface area contributed by atoms with Crippen LogP contribution in [0, 0.1) is 5.92 Å². The van der Waals surface area contributed by atoms with Crippen LogP contribution >= 0.6 is 0 Å². The highest BCUT2D eigenvalue weighted by molar-refractivity contribution is 5.94. The molecule has 0 saturated carbocycles. The van der Waals surface area contributed by atoms with Gasteiger partial charge in [0.1, 0.15) is 5.69 Å². The zero-order valence-corrected chi connectivity index (χ0v) is 18.7. The molecule has 5 heterocycles. The Balaban J connectivity index is 1.18. The molecule has 0 spiro atoms. The number of H-pyrrole nitrogens is 1. The lowest BCUT2D eigenvalue weighted by Crippen LogP contribution is -2.54. The molecule has 0 aromatic carbocycles. The topological polar surface area (TPSA) is 116 Å². The van der Waals surface area contributed by atoms with E-state index in [4.69, 9.17) is 4.42 Å². The number of rotatable bonds is 4. The summed E-state index contributed by atoms with van der Waals surface area (Å²) in [5.41, 5.74) is 1.88. The van der Waals surface area contributed by atoms with Crippen molar-refractivity contribution in [1.29, 1.82) is 0 Å². The monoisotopic (exact) mass is 462 g/mol. The first kappa shape index (κ1) is 21.9. The van der Waals surface area contributed by atoms with Crippen LogP contribution in [-0.4, -0.2) is 86.9 Å². The van der Waals surface area contributed by atoms with Crippen LogP contribution in [0.25, 0.3) is 11.3 Å². The van der Waals surface area contributed by atoms with Crippen molar-refractivity contribution in [2.45, 2.75) is 12.8 Å². The predicted octanol–water partition coefficient (Wildman–Crippen LogP) is 1.90. The van der Waals surface area contributed by atoms with Crippen molar-refractivity contribution in [3.05, 3.63) is 60.4 Å². The molecular weight excluding hydrogens is 436 g/mol. The van der Waals surface area contributed by atoms with Gasteiger partial charge in [0.25, 0.3) is 11.8 Å². The fourth-order valence-corrected chi connectivity index (χ4v) is 4.57. The number of carbonyl (C=O) groups is 3. The van der Waals surface area contributed by atoms with Gasteiger partial charge in [0.15, 0.2) is 5.76 Å². The molecule has 1 atom stereocenters. The van der Waals surface area contributed by atoms with E-state index in [2.05, 4.69) is 15.2 Å². The quantitative estimate of drug-likeness (QED) is 0.633. The van der Waals surface area contributed by atoms with Crippen LogP contribution in [0.5, 0.6) is 0 Å². The lowest BCUT2D eigenvalue weighted by Gasteiger charge is -2.38. The molecule has 1 N–H and O–H groups in total. The molecule has 0 unspecified atom stereocenters. The molecule has 5 rings (SSSR count). The van der Waals surface area contributed by atoms with Crippen LogP contribution < -0.4 is 0 Å². The molecule has 176 valence electrons. The smallest absolute Gasteiger partial charge is 0.289 e. The maximum absolute atomic E-state index is 13.2. The normalized spacial score (nSPS) is 18.7. The van der Waals surface area contributed by atoms with Crippen LogP contribution in [0.15, 0.2) is 53.4 Å². The van der Waals surface area contributed by atoms with Gasteiger partial charge < -0.3 is 19.1 Å². The molecule has 2 fully saturated rings. The first-order valence-electron chi connectivity index (χ1n) is 11.5. The van der Waals surface area contributed by atoms with Gasteiger partial charge in [-0.3, -0.25) is 24.5 Å². The summed E-state index contributed by atoms with van der Waals surface area (Å²) in [6.45, 7) is 2.87. The minimum absolute atomic E-state index is 0.0447. The van der Waals surface area contributed by atoms with Gasteiger partial charge in [-0.05, 0) is 43.2 Å². The van der Waals surface area contributed by atoms with E-state index >= 15 is 0 Å². The Labute approximate surface area is 196 Å². The second kappa shape index (κ2) is 9.50. The van der Waals surface area contributed by atoms with Crippen LogP contribution in [-0.2, 0) is 4.79 Å². The SMILES string of the molecule is O=C(c1cc(-c2cccnc2)n[nH]1)N1CCC[C@@H](C(=O)N2CCN(C(=O)c3ccco3)CC2)C1. The van der Waals surface area contributed by atoms with E-state index in [0.29, 0.717) is 56.4 Å². The lowest BCUT2D eigenvalue weighted by molar-refractivity contribution is -0.138. The number of piperidine rings is 1. The Kier molecular flexibility index (Phi) is 6.11. The molecule has 2 aliphatic rings. The number of nitrogens with zero attached hydrogens (tertiary/aromatic N) is 5. The standard InChI is InChI=1S/C24H26N6O4/c31-22(28-9-11-29(12-10-28)24(33)21-6-3-13-34-21)18-5-2-8-30(16-18)23(32)20-14-19(26-27-20)17-4-1-7-25-15-17/h1,3-4,6-7,13-15,18H,2,5,8-12,16H2,(H,26,27)/t18-/m1/s1. The van der Waals surface area contributed by atoms with Gasteiger partial charge in [0.05, 0.1) is 17.9 Å². The van der Waals surface area contributed by atoms with E-state index in [9.17, 15) is 14.4 Å². The molecule has 10 nitrogen and oxygen atoms in total. The van der Waals surface area contributed by atoms with Gasteiger partial charge in [0, 0.05) is 57.2 Å². The van der Waals surface area contributed by atoms with Gasteiger partial charge in [-0.15, -0.1) is 0 Å². The third kappa shape index (κ3) is 4.43. The van der Waals surface area contributed by atoms with Crippen molar-refractivity contribution in [3.63, 3.8) is 0 Å².